The maximum Gasteiger partial charge on any atom is 0.305 e. The monoisotopic (exact) mass is 794 g/mol. The molecule has 0 aliphatic heterocycles. The van der Waals surface area contributed by atoms with E-state index in [0.717, 1.165) is 56.4 Å². The van der Waals surface area contributed by atoms with Crippen molar-refractivity contribution in [2.24, 2.45) is 0 Å². The fourth-order valence-corrected chi connectivity index (χ4v) is 7.56. The van der Waals surface area contributed by atoms with Crippen molar-refractivity contribution in [1.82, 2.24) is 0 Å². The number of anilines is 6. The third-order valence-electron chi connectivity index (χ3n) is 9.94. The highest BCUT2D eigenvalue weighted by atomic mass is 32.1. The van der Waals surface area contributed by atoms with Gasteiger partial charge in [0.1, 0.15) is 0 Å². The van der Waals surface area contributed by atoms with E-state index in [0.29, 0.717) is 25.7 Å². The predicted octanol–water partition coefficient (Wildman–Crippen LogP) is 13.2. The standard InChI is InChI=1S/C52H46N2O4S/c1-57-51(55)37-23-41-17-29-47(30-18-41)53(43-9-5-3-6-10-43)45-25-13-39(14-26-45)21-33-49-35-36-50(59-49)34-22-40-15-27-46(28-16-40)54(44-11-7-4-8-12-44)48-31-19-42(20-32-48)24-38-52(56)58-2/h3-22,25-36H,23-24,37-38H2,1-2H3/b33-21+,34-22+. The highest BCUT2D eigenvalue weighted by molar-refractivity contribution is 7.13. The summed E-state index contributed by atoms with van der Waals surface area (Å²) in [5.41, 5.74) is 10.8. The Kier molecular flexibility index (Phi) is 13.6. The average Bonchev–Trinajstić information content (AvgIpc) is 3.76. The zero-order chi connectivity index (χ0) is 40.8. The summed E-state index contributed by atoms with van der Waals surface area (Å²) in [5.74, 6) is -0.405. The van der Waals surface area contributed by atoms with E-state index in [1.54, 1.807) is 11.3 Å². The van der Waals surface area contributed by atoms with E-state index in [1.165, 1.54) is 24.0 Å². The van der Waals surface area contributed by atoms with Gasteiger partial charge in [-0.1, -0.05) is 97.1 Å². The Bertz CT molecular complexity index is 2300. The number of aryl methyl sites for hydroxylation is 2. The van der Waals surface area contributed by atoms with Crippen molar-refractivity contribution in [2.75, 3.05) is 24.0 Å². The van der Waals surface area contributed by atoms with E-state index in [1.807, 2.05) is 36.4 Å². The van der Waals surface area contributed by atoms with Crippen LogP contribution in [-0.4, -0.2) is 26.2 Å². The molecule has 0 unspecified atom stereocenters. The number of hydrogen-bond acceptors (Lipinski definition) is 7. The van der Waals surface area contributed by atoms with Crippen LogP contribution in [0.4, 0.5) is 34.1 Å². The Morgan fingerprint density at radius 3 is 1.08 bits per heavy atom. The van der Waals surface area contributed by atoms with Crippen LogP contribution in [0.15, 0.2) is 170 Å². The van der Waals surface area contributed by atoms with E-state index < -0.39 is 0 Å². The highest BCUT2D eigenvalue weighted by Gasteiger charge is 2.14. The van der Waals surface area contributed by atoms with Gasteiger partial charge in [0.05, 0.1) is 14.2 Å². The first-order valence-electron chi connectivity index (χ1n) is 19.6. The van der Waals surface area contributed by atoms with Crippen molar-refractivity contribution < 1.29 is 19.1 Å². The van der Waals surface area contributed by atoms with Crippen molar-refractivity contribution in [3.8, 4) is 0 Å². The van der Waals surface area contributed by atoms with Crippen LogP contribution in [0.2, 0.25) is 0 Å². The summed E-state index contributed by atoms with van der Waals surface area (Å²) in [4.78, 5) is 30.1. The fourth-order valence-electron chi connectivity index (χ4n) is 6.74. The Morgan fingerprint density at radius 1 is 0.424 bits per heavy atom. The smallest absolute Gasteiger partial charge is 0.305 e. The van der Waals surface area contributed by atoms with Gasteiger partial charge in [0.2, 0.25) is 0 Å². The maximum absolute atomic E-state index is 11.6. The van der Waals surface area contributed by atoms with Crippen molar-refractivity contribution >= 4 is 81.7 Å². The van der Waals surface area contributed by atoms with Gasteiger partial charge in [0.25, 0.3) is 0 Å². The molecule has 0 spiro atoms. The molecule has 0 saturated heterocycles. The van der Waals surface area contributed by atoms with Crippen LogP contribution in [0, 0.1) is 0 Å². The van der Waals surface area contributed by atoms with E-state index in [-0.39, 0.29) is 11.9 Å². The fraction of sp³-hybridized carbons (Fsp3) is 0.115. The molecule has 0 radical (unpaired) electrons. The second-order valence-corrected chi connectivity index (χ2v) is 15.1. The number of ether oxygens (including phenoxy) is 2. The Labute approximate surface area is 350 Å². The molecule has 7 heteroatoms. The number of carbonyl (C=O) groups excluding carboxylic acids is 2. The Hall–Kier alpha value is -6.96. The summed E-state index contributed by atoms with van der Waals surface area (Å²) in [6.45, 7) is 0. The molecule has 0 saturated carbocycles. The SMILES string of the molecule is COC(=O)CCc1ccc(N(c2ccccc2)c2ccc(/C=C/c3ccc(/C=C/c4ccc(N(c5ccccc5)c5ccc(CCC(=O)OC)cc5)cc4)s3)cc2)cc1. The van der Waals surface area contributed by atoms with Crippen molar-refractivity contribution in [3.05, 3.63) is 202 Å². The average molecular weight is 795 g/mol. The highest BCUT2D eigenvalue weighted by Crippen LogP contribution is 2.36. The number of thiophene rings is 1. The zero-order valence-corrected chi connectivity index (χ0v) is 34.1. The molecule has 59 heavy (non-hydrogen) atoms. The summed E-state index contributed by atoms with van der Waals surface area (Å²) in [6, 6.07) is 58.9. The molecule has 0 N–H and O–H groups in total. The first-order chi connectivity index (χ1) is 28.9. The van der Waals surface area contributed by atoms with Gasteiger partial charge < -0.3 is 19.3 Å². The molecule has 7 aromatic rings. The van der Waals surface area contributed by atoms with Crippen LogP contribution in [0.25, 0.3) is 24.3 Å². The van der Waals surface area contributed by atoms with E-state index in [9.17, 15) is 9.59 Å². The molecule has 0 bridgehead atoms. The van der Waals surface area contributed by atoms with Gasteiger partial charge in [-0.2, -0.15) is 0 Å². The summed E-state index contributed by atoms with van der Waals surface area (Å²) in [7, 11) is 2.84. The number of benzene rings is 6. The van der Waals surface area contributed by atoms with Crippen LogP contribution >= 0.6 is 11.3 Å². The molecule has 0 fully saturated rings. The second-order valence-electron chi connectivity index (χ2n) is 13.9. The predicted molar refractivity (Wildman–Crippen MR) is 245 cm³/mol. The summed E-state index contributed by atoms with van der Waals surface area (Å²) in [5, 5.41) is 0. The lowest BCUT2D eigenvalue weighted by molar-refractivity contribution is -0.141. The number of nitrogens with zero attached hydrogens (tertiary/aromatic N) is 2. The minimum absolute atomic E-state index is 0.202. The molecule has 0 aliphatic rings. The van der Waals surface area contributed by atoms with Gasteiger partial charge in [-0.05, 0) is 132 Å². The molecular weight excluding hydrogens is 749 g/mol. The quantitative estimate of drug-likeness (QED) is 0.0908. The normalized spacial score (nSPS) is 11.2. The second kappa shape index (κ2) is 19.9. The number of esters is 2. The summed E-state index contributed by atoms with van der Waals surface area (Å²) >= 11 is 1.75. The Morgan fingerprint density at radius 2 is 0.746 bits per heavy atom. The molecule has 0 amide bonds. The van der Waals surface area contributed by atoms with Crippen LogP contribution in [0.5, 0.6) is 0 Å². The minimum Gasteiger partial charge on any atom is -0.469 e. The first-order valence-corrected chi connectivity index (χ1v) is 20.5. The molecule has 0 aliphatic carbocycles. The molecule has 1 aromatic heterocycles. The van der Waals surface area contributed by atoms with Gasteiger partial charge >= 0.3 is 11.9 Å². The lowest BCUT2D eigenvalue weighted by Crippen LogP contribution is -2.10. The largest absolute Gasteiger partial charge is 0.469 e. The Balaban J connectivity index is 1.00. The first kappa shape index (κ1) is 40.2. The van der Waals surface area contributed by atoms with Gasteiger partial charge in [0.15, 0.2) is 0 Å². The molecular formula is C52H46N2O4S. The number of para-hydroxylation sites is 2. The summed E-state index contributed by atoms with van der Waals surface area (Å²) in [6.07, 6.45) is 10.6. The molecule has 1 heterocycles. The van der Waals surface area contributed by atoms with E-state index >= 15 is 0 Å². The number of carbonyl (C=O) groups is 2. The van der Waals surface area contributed by atoms with E-state index in [2.05, 4.69) is 168 Å². The van der Waals surface area contributed by atoms with Crippen LogP contribution in [0.1, 0.15) is 44.8 Å². The van der Waals surface area contributed by atoms with Crippen LogP contribution < -0.4 is 9.80 Å². The minimum atomic E-state index is -0.202. The molecule has 7 rings (SSSR count). The van der Waals surface area contributed by atoms with E-state index in [4.69, 9.17) is 9.47 Å². The molecule has 294 valence electrons. The van der Waals surface area contributed by atoms with Crippen LogP contribution in [-0.2, 0) is 31.9 Å². The third kappa shape index (κ3) is 10.9. The van der Waals surface area contributed by atoms with Crippen LogP contribution in [0.3, 0.4) is 0 Å². The lowest BCUT2D eigenvalue weighted by atomic mass is 10.1. The van der Waals surface area contributed by atoms with Crippen molar-refractivity contribution in [3.63, 3.8) is 0 Å². The zero-order valence-electron chi connectivity index (χ0n) is 33.2. The van der Waals surface area contributed by atoms with Crippen molar-refractivity contribution in [1.29, 1.82) is 0 Å². The van der Waals surface area contributed by atoms with Gasteiger partial charge in [0, 0.05) is 56.7 Å². The molecule has 6 aromatic carbocycles. The van der Waals surface area contributed by atoms with Gasteiger partial charge in [-0.15, -0.1) is 11.3 Å². The topological polar surface area (TPSA) is 59.1 Å². The molecule has 0 atom stereocenters. The number of hydrogen-bond donors (Lipinski definition) is 0. The maximum atomic E-state index is 11.6. The number of rotatable bonds is 16. The molecule has 6 nitrogen and oxygen atoms in total. The van der Waals surface area contributed by atoms with Gasteiger partial charge in [-0.25, -0.2) is 0 Å². The third-order valence-corrected chi connectivity index (χ3v) is 11.0. The van der Waals surface area contributed by atoms with Gasteiger partial charge in [-0.3, -0.25) is 9.59 Å². The number of methoxy groups -OCH3 is 2. The van der Waals surface area contributed by atoms with Crippen molar-refractivity contribution in [2.45, 2.75) is 25.7 Å². The summed E-state index contributed by atoms with van der Waals surface area (Å²) < 4.78 is 9.61. The lowest BCUT2D eigenvalue weighted by Gasteiger charge is -2.25.